The molecule has 0 atom stereocenters. The fraction of sp³-hybridized carbons (Fsp3) is 0. The number of hydrogen-bond donors (Lipinski definition) is 2. The Labute approximate surface area is 76.7 Å². The van der Waals surface area contributed by atoms with Crippen molar-refractivity contribution in [2.75, 3.05) is 5.73 Å². The number of nitrogens with two attached hydrogens (primary N) is 1. The van der Waals surface area contributed by atoms with Gasteiger partial charge in [-0.1, -0.05) is 15.9 Å². The van der Waals surface area contributed by atoms with Crippen LogP contribution in [0.1, 0.15) is 0 Å². The van der Waals surface area contributed by atoms with Crippen LogP contribution in [0.2, 0.25) is 0 Å². The van der Waals surface area contributed by atoms with Crippen LogP contribution in [0.25, 0.3) is 10.9 Å². The maximum absolute atomic E-state index is 13.1. The Balaban J connectivity index is 2.92. The summed E-state index contributed by atoms with van der Waals surface area (Å²) in [5.74, 6) is -0.295. The molecule has 2 rings (SSSR count). The van der Waals surface area contributed by atoms with Crippen molar-refractivity contribution >= 4 is 32.5 Å². The van der Waals surface area contributed by atoms with Gasteiger partial charge in [0.05, 0.1) is 11.2 Å². The van der Waals surface area contributed by atoms with Crippen LogP contribution in [-0.4, -0.2) is 4.98 Å². The first-order valence-corrected chi connectivity index (χ1v) is 4.19. The minimum Gasteiger partial charge on any atom is -0.397 e. The number of benzene rings is 1. The van der Waals surface area contributed by atoms with E-state index < -0.39 is 0 Å². The van der Waals surface area contributed by atoms with Crippen LogP contribution in [0.4, 0.5) is 10.1 Å². The highest BCUT2D eigenvalue weighted by Crippen LogP contribution is 2.26. The molecule has 0 saturated carbocycles. The van der Waals surface area contributed by atoms with E-state index in [0.29, 0.717) is 21.1 Å². The molecule has 0 aliphatic rings. The van der Waals surface area contributed by atoms with Gasteiger partial charge in [0, 0.05) is 16.1 Å². The Morgan fingerprint density at radius 2 is 2.17 bits per heavy atom. The first-order valence-electron chi connectivity index (χ1n) is 3.40. The highest BCUT2D eigenvalue weighted by Gasteiger charge is 2.06. The van der Waals surface area contributed by atoms with Crippen LogP contribution in [0.15, 0.2) is 22.8 Å². The molecule has 0 radical (unpaired) electrons. The number of nitrogen functional groups attached to an aromatic ring is 1. The quantitative estimate of drug-likeness (QED) is 0.716. The number of fused-ring (bicyclic) bond motifs is 1. The molecule has 2 aromatic rings. The lowest BCUT2D eigenvalue weighted by Crippen LogP contribution is -1.82. The molecule has 3 N–H and O–H groups in total. The molecule has 0 aliphatic heterocycles. The van der Waals surface area contributed by atoms with Crippen LogP contribution < -0.4 is 5.73 Å². The second-order valence-corrected chi connectivity index (χ2v) is 3.47. The largest absolute Gasteiger partial charge is 0.397 e. The number of anilines is 1. The zero-order valence-electron chi connectivity index (χ0n) is 6.07. The van der Waals surface area contributed by atoms with Crippen LogP contribution in [0, 0.1) is 5.82 Å². The molecule has 0 fully saturated rings. The van der Waals surface area contributed by atoms with Crippen molar-refractivity contribution < 1.29 is 4.39 Å². The van der Waals surface area contributed by atoms with Gasteiger partial charge in [0.1, 0.15) is 5.82 Å². The van der Waals surface area contributed by atoms with E-state index in [-0.39, 0.29) is 5.82 Å². The summed E-state index contributed by atoms with van der Waals surface area (Å²) < 4.78 is 13.8. The van der Waals surface area contributed by atoms with Gasteiger partial charge in [-0.3, -0.25) is 0 Å². The van der Waals surface area contributed by atoms with Crippen LogP contribution in [0.3, 0.4) is 0 Å². The SMILES string of the molecule is Nc1c[nH]c2c(F)cc(Br)cc12. The Hall–Kier alpha value is -1.03. The van der Waals surface area contributed by atoms with Crippen LogP contribution >= 0.6 is 15.9 Å². The van der Waals surface area contributed by atoms with Gasteiger partial charge >= 0.3 is 0 Å². The lowest BCUT2D eigenvalue weighted by atomic mass is 10.2. The van der Waals surface area contributed by atoms with Gasteiger partial charge < -0.3 is 10.7 Å². The van der Waals surface area contributed by atoms with E-state index in [1.54, 1.807) is 12.3 Å². The average molecular weight is 229 g/mol. The lowest BCUT2D eigenvalue weighted by Gasteiger charge is -1.94. The molecular formula is C8H6BrFN2. The molecule has 0 saturated heterocycles. The third kappa shape index (κ3) is 0.992. The summed E-state index contributed by atoms with van der Waals surface area (Å²) in [6, 6.07) is 3.18. The van der Waals surface area contributed by atoms with Crippen molar-refractivity contribution in [1.82, 2.24) is 4.98 Å². The van der Waals surface area contributed by atoms with Crippen molar-refractivity contribution in [1.29, 1.82) is 0 Å². The van der Waals surface area contributed by atoms with Gasteiger partial charge in [0.2, 0.25) is 0 Å². The molecule has 0 unspecified atom stereocenters. The van der Waals surface area contributed by atoms with E-state index in [1.807, 2.05) is 0 Å². The third-order valence-corrected chi connectivity index (χ3v) is 2.20. The standard InChI is InChI=1S/C8H6BrFN2/c9-4-1-5-7(11)3-12-8(5)6(10)2-4/h1-3,12H,11H2. The zero-order chi connectivity index (χ0) is 8.72. The molecule has 2 nitrogen and oxygen atoms in total. The number of nitrogens with one attached hydrogen (secondary N) is 1. The molecule has 0 spiro atoms. The topological polar surface area (TPSA) is 41.8 Å². The number of halogens is 2. The third-order valence-electron chi connectivity index (χ3n) is 1.74. The van der Waals surface area contributed by atoms with Gasteiger partial charge in [-0.15, -0.1) is 0 Å². The molecule has 62 valence electrons. The summed E-state index contributed by atoms with van der Waals surface area (Å²) in [6.45, 7) is 0. The van der Waals surface area contributed by atoms with Crippen LogP contribution in [-0.2, 0) is 0 Å². The number of rotatable bonds is 0. The normalized spacial score (nSPS) is 10.8. The van der Waals surface area contributed by atoms with E-state index in [4.69, 9.17) is 5.73 Å². The van der Waals surface area contributed by atoms with E-state index in [9.17, 15) is 4.39 Å². The number of aromatic amines is 1. The molecule has 1 heterocycles. The van der Waals surface area contributed by atoms with Crippen molar-refractivity contribution in [3.63, 3.8) is 0 Å². The van der Waals surface area contributed by atoms with Gasteiger partial charge in [0.15, 0.2) is 0 Å². The maximum Gasteiger partial charge on any atom is 0.148 e. The monoisotopic (exact) mass is 228 g/mol. The Kier molecular flexibility index (Phi) is 1.58. The summed E-state index contributed by atoms with van der Waals surface area (Å²) in [6.07, 6.45) is 1.58. The first kappa shape index (κ1) is 7.61. The number of hydrogen-bond acceptors (Lipinski definition) is 1. The maximum atomic E-state index is 13.1. The highest BCUT2D eigenvalue weighted by molar-refractivity contribution is 9.10. The molecule has 4 heteroatoms. The number of H-pyrrole nitrogens is 1. The molecule has 0 bridgehead atoms. The Morgan fingerprint density at radius 1 is 1.42 bits per heavy atom. The van der Waals surface area contributed by atoms with E-state index in [0.717, 1.165) is 0 Å². The molecule has 0 amide bonds. The van der Waals surface area contributed by atoms with Gasteiger partial charge in [-0.25, -0.2) is 4.39 Å². The first-order chi connectivity index (χ1) is 5.68. The van der Waals surface area contributed by atoms with E-state index in [1.165, 1.54) is 6.07 Å². The molecule has 0 aliphatic carbocycles. The van der Waals surface area contributed by atoms with Crippen molar-refractivity contribution in [2.24, 2.45) is 0 Å². The Morgan fingerprint density at radius 3 is 2.92 bits per heavy atom. The molecule has 1 aromatic carbocycles. The molecule has 12 heavy (non-hydrogen) atoms. The average Bonchev–Trinajstić information content (AvgIpc) is 2.33. The van der Waals surface area contributed by atoms with Crippen molar-refractivity contribution in [2.45, 2.75) is 0 Å². The fourth-order valence-electron chi connectivity index (χ4n) is 1.18. The van der Waals surface area contributed by atoms with Crippen molar-refractivity contribution in [3.8, 4) is 0 Å². The summed E-state index contributed by atoms with van der Waals surface area (Å²) >= 11 is 3.19. The second kappa shape index (κ2) is 2.48. The fourth-order valence-corrected chi connectivity index (χ4v) is 1.61. The van der Waals surface area contributed by atoms with Gasteiger partial charge in [-0.05, 0) is 12.1 Å². The minimum atomic E-state index is -0.295. The summed E-state index contributed by atoms with van der Waals surface area (Å²) in [5.41, 5.74) is 6.61. The number of aromatic nitrogens is 1. The molecule has 1 aromatic heterocycles. The zero-order valence-corrected chi connectivity index (χ0v) is 7.65. The molecular weight excluding hydrogens is 223 g/mol. The summed E-state index contributed by atoms with van der Waals surface area (Å²) in [4.78, 5) is 2.76. The minimum absolute atomic E-state index is 0.295. The highest BCUT2D eigenvalue weighted by atomic mass is 79.9. The van der Waals surface area contributed by atoms with Crippen molar-refractivity contribution in [3.05, 3.63) is 28.6 Å². The summed E-state index contributed by atoms with van der Waals surface area (Å²) in [5, 5.41) is 0.710. The second-order valence-electron chi connectivity index (χ2n) is 2.55. The van der Waals surface area contributed by atoms with Crippen LogP contribution in [0.5, 0.6) is 0 Å². The predicted molar refractivity (Wildman–Crippen MR) is 50.4 cm³/mol. The van der Waals surface area contributed by atoms with Gasteiger partial charge in [-0.2, -0.15) is 0 Å². The summed E-state index contributed by atoms with van der Waals surface area (Å²) in [7, 11) is 0. The Bertz CT molecular complexity index is 436. The van der Waals surface area contributed by atoms with E-state index >= 15 is 0 Å². The predicted octanol–water partition coefficient (Wildman–Crippen LogP) is 2.65. The lowest BCUT2D eigenvalue weighted by molar-refractivity contribution is 0.636. The smallest absolute Gasteiger partial charge is 0.148 e. The van der Waals surface area contributed by atoms with Gasteiger partial charge in [0.25, 0.3) is 0 Å². The van der Waals surface area contributed by atoms with E-state index in [2.05, 4.69) is 20.9 Å².